The quantitative estimate of drug-likeness (QED) is 0.114. The highest BCUT2D eigenvalue weighted by molar-refractivity contribution is 5.85. The third kappa shape index (κ3) is 27.4. The molecule has 0 saturated carbocycles. The van der Waals surface area contributed by atoms with E-state index in [1.54, 1.807) is 0 Å². The molecule has 0 aliphatic rings. The van der Waals surface area contributed by atoms with Crippen molar-refractivity contribution in [2.75, 3.05) is 0 Å². The smallest absolute Gasteiger partial charge is 0.0103 e. The SMILES string of the molecule is Cc1cc(-c2ccccc2)cc(-c2ccccc2)c1.Cc1ccc(-c2ccccc2)cc1.Cc1cccc(-c2cccc(-c3cccc(-c4ccccc4)c3)c2)c1.Cc1cccc(-c2cccc(-c3ccccc3)c2)c1.Cc1cccc(-c2ccccc2)c1.Cc1ccccc1.Cc1ccccc1-c1ccccc1.Cc1ccccc1-c1ccccc1-c1ccccc1. The van der Waals surface area contributed by atoms with Crippen LogP contribution in [0.2, 0.25) is 0 Å². The van der Waals surface area contributed by atoms with Crippen molar-refractivity contribution in [3.63, 3.8) is 0 Å². The largest absolute Gasteiger partial charge is 0.0622 e. The minimum Gasteiger partial charge on any atom is -0.0622 e. The van der Waals surface area contributed by atoms with Crippen LogP contribution >= 0.6 is 0 Å². The topological polar surface area (TPSA) is 0 Å². The summed E-state index contributed by atoms with van der Waals surface area (Å²) in [6, 6.07) is 187. The summed E-state index contributed by atoms with van der Waals surface area (Å²) >= 11 is 0. The van der Waals surface area contributed by atoms with Crippen molar-refractivity contribution in [3.8, 4) is 134 Å². The van der Waals surface area contributed by atoms with Crippen LogP contribution in [0.5, 0.6) is 0 Å². The molecule has 128 heavy (non-hydrogen) atoms. The van der Waals surface area contributed by atoms with Crippen molar-refractivity contribution in [3.05, 3.63) is 578 Å². The van der Waals surface area contributed by atoms with Gasteiger partial charge in [0.25, 0.3) is 0 Å². The highest BCUT2D eigenvalue weighted by Crippen LogP contribution is 2.36. The van der Waals surface area contributed by atoms with Crippen LogP contribution in [0.4, 0.5) is 0 Å². The molecule has 0 bridgehead atoms. The van der Waals surface area contributed by atoms with Crippen LogP contribution in [0.25, 0.3) is 134 Å². The van der Waals surface area contributed by atoms with E-state index < -0.39 is 0 Å². The molecule has 0 radical (unpaired) electrons. The fourth-order valence-corrected chi connectivity index (χ4v) is 15.3. The molecule has 0 aromatic heterocycles. The molecule has 0 heteroatoms. The Kier molecular flexibility index (Phi) is 33.7. The Labute approximate surface area is 761 Å². The van der Waals surface area contributed by atoms with E-state index in [9.17, 15) is 0 Å². The molecule has 0 atom stereocenters. The zero-order chi connectivity index (χ0) is 88.7. The van der Waals surface area contributed by atoms with E-state index >= 15 is 0 Å². The summed E-state index contributed by atoms with van der Waals surface area (Å²) in [7, 11) is 0. The molecular weight excluding hydrogens is 1540 g/mol. The summed E-state index contributed by atoms with van der Waals surface area (Å²) in [4.78, 5) is 0. The van der Waals surface area contributed by atoms with Gasteiger partial charge in [-0.2, -0.15) is 0 Å². The molecule has 0 unspecified atom stereocenters. The third-order valence-corrected chi connectivity index (χ3v) is 22.0. The molecule has 0 saturated heterocycles. The van der Waals surface area contributed by atoms with Gasteiger partial charge in [0.05, 0.1) is 0 Å². The highest BCUT2D eigenvalue weighted by atomic mass is 14.2. The van der Waals surface area contributed by atoms with Crippen molar-refractivity contribution >= 4 is 0 Å². The maximum atomic E-state index is 2.28. The Morgan fingerprint density at radius 3 is 0.570 bits per heavy atom. The Bertz CT molecular complexity index is 6630. The van der Waals surface area contributed by atoms with Crippen molar-refractivity contribution < 1.29 is 0 Å². The lowest BCUT2D eigenvalue weighted by molar-refractivity contribution is 1.46. The molecule has 20 aromatic rings. The van der Waals surface area contributed by atoms with Crippen LogP contribution in [-0.2, 0) is 0 Å². The van der Waals surface area contributed by atoms with Gasteiger partial charge in [-0.25, -0.2) is 0 Å². The average Bonchev–Trinajstić information content (AvgIpc) is 0.721. The zero-order valence-corrected chi connectivity index (χ0v) is 74.8. The summed E-state index contributed by atoms with van der Waals surface area (Å²) in [5.74, 6) is 0. The second-order valence-corrected chi connectivity index (χ2v) is 32.1. The van der Waals surface area contributed by atoms with E-state index in [-0.39, 0.29) is 0 Å². The molecule has 20 rings (SSSR count). The number of aryl methyl sites for hydroxylation is 8. The molecule has 0 aliphatic carbocycles. The van der Waals surface area contributed by atoms with Gasteiger partial charge in [0, 0.05) is 0 Å². The monoisotopic (exact) mass is 1650 g/mol. The van der Waals surface area contributed by atoms with Crippen LogP contribution in [0.15, 0.2) is 534 Å². The molecule has 0 heterocycles. The number of rotatable bonds is 12. The zero-order valence-electron chi connectivity index (χ0n) is 74.8. The van der Waals surface area contributed by atoms with Gasteiger partial charge in [-0.3, -0.25) is 0 Å². The first kappa shape index (κ1) is 90.1. The predicted molar refractivity (Wildman–Crippen MR) is 555 cm³/mol. The lowest BCUT2D eigenvalue weighted by atomic mass is 9.92. The van der Waals surface area contributed by atoms with Gasteiger partial charge in [0.1, 0.15) is 0 Å². The first-order valence-electron chi connectivity index (χ1n) is 44.2. The van der Waals surface area contributed by atoms with Gasteiger partial charge < -0.3 is 0 Å². The molecule has 0 aliphatic heterocycles. The summed E-state index contributed by atoms with van der Waals surface area (Å²) in [5.41, 5.74) is 41.0. The van der Waals surface area contributed by atoms with Crippen molar-refractivity contribution in [2.45, 2.75) is 55.4 Å². The van der Waals surface area contributed by atoms with Crippen molar-refractivity contribution in [1.29, 1.82) is 0 Å². The van der Waals surface area contributed by atoms with Crippen LogP contribution in [-0.4, -0.2) is 0 Å². The van der Waals surface area contributed by atoms with Crippen LogP contribution < -0.4 is 0 Å². The fourth-order valence-electron chi connectivity index (χ4n) is 15.3. The highest BCUT2D eigenvalue weighted by Gasteiger charge is 2.11. The second kappa shape index (κ2) is 47.9. The first-order valence-corrected chi connectivity index (χ1v) is 44.2. The summed E-state index contributed by atoms with van der Waals surface area (Å²) < 4.78 is 0. The van der Waals surface area contributed by atoms with E-state index in [1.165, 1.54) is 178 Å². The molecule has 624 valence electrons. The third-order valence-electron chi connectivity index (χ3n) is 22.0. The molecule has 0 N–H and O–H groups in total. The van der Waals surface area contributed by atoms with Gasteiger partial charge in [-0.05, 0) is 230 Å². The molecule has 20 aromatic carbocycles. The molecular formula is C128H112. The summed E-state index contributed by atoms with van der Waals surface area (Å²) in [6.07, 6.45) is 0. The van der Waals surface area contributed by atoms with E-state index in [4.69, 9.17) is 0 Å². The molecule has 0 spiro atoms. The van der Waals surface area contributed by atoms with E-state index in [2.05, 4.69) is 547 Å². The van der Waals surface area contributed by atoms with Crippen LogP contribution in [0.1, 0.15) is 44.5 Å². The minimum atomic E-state index is 1.25. The Morgan fingerprint density at radius 1 is 0.0859 bits per heavy atom. The van der Waals surface area contributed by atoms with Crippen LogP contribution in [0, 0.1) is 55.4 Å². The van der Waals surface area contributed by atoms with Crippen molar-refractivity contribution in [1.82, 2.24) is 0 Å². The Morgan fingerprint density at radius 2 is 0.266 bits per heavy atom. The number of hydrogen-bond donors (Lipinski definition) is 0. The maximum Gasteiger partial charge on any atom is -0.0103 e. The van der Waals surface area contributed by atoms with Gasteiger partial charge in [0.2, 0.25) is 0 Å². The lowest BCUT2D eigenvalue weighted by Gasteiger charge is -2.12. The van der Waals surface area contributed by atoms with E-state index in [0.717, 1.165) is 0 Å². The van der Waals surface area contributed by atoms with Gasteiger partial charge in [-0.1, -0.05) is 537 Å². The maximum absolute atomic E-state index is 2.28. The molecule has 0 fully saturated rings. The molecule has 0 amide bonds. The second-order valence-electron chi connectivity index (χ2n) is 32.1. The minimum absolute atomic E-state index is 1.25. The normalized spacial score (nSPS) is 10.2. The Hall–Kier alpha value is -15.6. The van der Waals surface area contributed by atoms with Crippen molar-refractivity contribution in [2.24, 2.45) is 0 Å². The number of hydrogen-bond acceptors (Lipinski definition) is 0. The molecule has 0 nitrogen and oxygen atoms in total. The average molecular weight is 1650 g/mol. The van der Waals surface area contributed by atoms with E-state index in [1.807, 2.05) is 42.5 Å². The fraction of sp³-hybridized carbons (Fsp3) is 0.0625. The standard InChI is InChI=1S/C25H20.3C19H16.3C13H12.C7H8/c1-19-8-5-11-21(16-19)23-13-7-15-25(18-23)24-14-6-12-22(17-24)20-9-3-2-4-10-20;1-15-12-18(16-8-4-2-5-9-16)14-19(13-15)17-10-6-3-7-11-17;1-15-7-5-10-17(13-15)19-12-6-11-18(14-19)16-8-3-2-4-9-16;1-15-9-5-6-12-17(15)19-14-8-7-13-18(19)16-10-3-2-4-11-16;1-11-7-5-6-10-13(11)12-8-3-2-4-9-12;1-11-6-5-9-13(10-11)12-7-3-2-4-8-12;1-11-7-9-13(10-8-11)12-5-3-2-4-6-12;1-7-5-3-2-4-6-7/h2-18H,1H3;3*2-14H,1H3;3*2-10H,1H3;2-6H,1H3. The van der Waals surface area contributed by atoms with E-state index in [0.29, 0.717) is 0 Å². The predicted octanol–water partition coefficient (Wildman–Crippen LogP) is 36.0. The Balaban J connectivity index is 0.000000127. The summed E-state index contributed by atoms with van der Waals surface area (Å²) in [5, 5.41) is 0. The first-order chi connectivity index (χ1) is 62.8. The number of benzene rings is 20. The lowest BCUT2D eigenvalue weighted by Crippen LogP contribution is -1.87. The van der Waals surface area contributed by atoms with Gasteiger partial charge in [-0.15, -0.1) is 0 Å². The summed E-state index contributed by atoms with van der Waals surface area (Å²) in [6.45, 7) is 17.0. The van der Waals surface area contributed by atoms with Crippen LogP contribution in [0.3, 0.4) is 0 Å². The van der Waals surface area contributed by atoms with Gasteiger partial charge in [0.15, 0.2) is 0 Å². The van der Waals surface area contributed by atoms with Gasteiger partial charge >= 0.3 is 0 Å².